The summed E-state index contributed by atoms with van der Waals surface area (Å²) in [5.41, 5.74) is 10.2. The normalized spacial score (nSPS) is 11.2. The molecule has 0 unspecified atom stereocenters. The molecular formula is C35H23N3. The van der Waals surface area contributed by atoms with Crippen molar-refractivity contribution in [2.24, 2.45) is 0 Å². The first-order valence-corrected chi connectivity index (χ1v) is 12.7. The molecule has 0 atom stereocenters. The van der Waals surface area contributed by atoms with Gasteiger partial charge in [-0.05, 0) is 67.9 Å². The van der Waals surface area contributed by atoms with Crippen LogP contribution in [-0.2, 0) is 0 Å². The molecule has 178 valence electrons. The highest BCUT2D eigenvalue weighted by Gasteiger charge is 2.17. The summed E-state index contributed by atoms with van der Waals surface area (Å²) >= 11 is 0. The maximum absolute atomic E-state index is 4.92. The van der Waals surface area contributed by atoms with E-state index in [1.165, 1.54) is 21.9 Å². The number of aromatic nitrogens is 3. The van der Waals surface area contributed by atoms with Gasteiger partial charge in [0, 0.05) is 41.9 Å². The summed E-state index contributed by atoms with van der Waals surface area (Å²) < 4.78 is 0. The molecule has 0 aliphatic rings. The molecule has 0 saturated carbocycles. The number of fused-ring (bicyclic) bond motifs is 2. The average Bonchev–Trinajstić information content (AvgIpc) is 3.01. The van der Waals surface area contributed by atoms with Crippen molar-refractivity contribution in [2.45, 2.75) is 0 Å². The lowest BCUT2D eigenvalue weighted by Gasteiger charge is -2.17. The minimum Gasteiger partial charge on any atom is -0.264 e. The summed E-state index contributed by atoms with van der Waals surface area (Å²) in [6.07, 6.45) is 9.29. The quantitative estimate of drug-likeness (QED) is 0.234. The van der Waals surface area contributed by atoms with Crippen molar-refractivity contribution in [1.82, 2.24) is 15.0 Å². The molecular weight excluding hydrogens is 462 g/mol. The van der Waals surface area contributed by atoms with Crippen molar-refractivity contribution in [3.05, 3.63) is 140 Å². The molecule has 38 heavy (non-hydrogen) atoms. The number of nitrogens with zero attached hydrogens (tertiary/aromatic N) is 3. The largest absolute Gasteiger partial charge is 0.264 e. The van der Waals surface area contributed by atoms with Crippen LogP contribution >= 0.6 is 0 Å². The van der Waals surface area contributed by atoms with Crippen LogP contribution in [0.4, 0.5) is 0 Å². The Hall–Kier alpha value is -5.15. The summed E-state index contributed by atoms with van der Waals surface area (Å²) in [4.78, 5) is 13.5. The van der Waals surface area contributed by atoms with Gasteiger partial charge in [0.05, 0.1) is 5.52 Å². The first-order chi connectivity index (χ1) is 18.9. The van der Waals surface area contributed by atoms with E-state index in [0.717, 1.165) is 44.3 Å². The Morgan fingerprint density at radius 1 is 0.342 bits per heavy atom. The number of pyridine rings is 3. The lowest BCUT2D eigenvalue weighted by atomic mass is 9.87. The van der Waals surface area contributed by atoms with Crippen LogP contribution in [0, 0.1) is 0 Å². The zero-order chi connectivity index (χ0) is 25.3. The molecule has 3 aromatic heterocycles. The van der Waals surface area contributed by atoms with Gasteiger partial charge in [0.2, 0.25) is 0 Å². The number of hydrogen-bond donors (Lipinski definition) is 0. The van der Waals surface area contributed by atoms with E-state index >= 15 is 0 Å². The van der Waals surface area contributed by atoms with Crippen LogP contribution in [0.5, 0.6) is 0 Å². The van der Waals surface area contributed by atoms with Crippen molar-refractivity contribution in [2.75, 3.05) is 0 Å². The molecule has 3 heteroatoms. The summed E-state index contributed by atoms with van der Waals surface area (Å²) in [6, 6.07) is 38.5. The maximum Gasteiger partial charge on any atom is 0.0792 e. The van der Waals surface area contributed by atoms with Gasteiger partial charge in [-0.25, -0.2) is 0 Å². The Morgan fingerprint density at radius 2 is 0.816 bits per heavy atom. The Bertz CT molecular complexity index is 1680. The van der Waals surface area contributed by atoms with E-state index < -0.39 is 0 Å². The SMILES string of the molecule is c1cncc(-c2ccc(-c3c4ccccc4c(-c4ccc(-c5cccnc5)cc4)c4ncccc34)cc2)c1. The van der Waals surface area contributed by atoms with Gasteiger partial charge in [0.15, 0.2) is 0 Å². The van der Waals surface area contributed by atoms with Gasteiger partial charge in [0.25, 0.3) is 0 Å². The molecule has 7 rings (SSSR count). The molecule has 0 spiro atoms. The van der Waals surface area contributed by atoms with Crippen LogP contribution in [-0.4, -0.2) is 15.0 Å². The number of hydrogen-bond acceptors (Lipinski definition) is 3. The van der Waals surface area contributed by atoms with Crippen molar-refractivity contribution in [1.29, 1.82) is 0 Å². The fourth-order valence-electron chi connectivity index (χ4n) is 5.33. The van der Waals surface area contributed by atoms with E-state index in [4.69, 9.17) is 4.98 Å². The van der Waals surface area contributed by atoms with E-state index in [2.05, 4.69) is 101 Å². The van der Waals surface area contributed by atoms with Gasteiger partial charge in [0.1, 0.15) is 0 Å². The van der Waals surface area contributed by atoms with Crippen LogP contribution in [0.2, 0.25) is 0 Å². The third-order valence-electron chi connectivity index (χ3n) is 7.12. The summed E-state index contributed by atoms with van der Waals surface area (Å²) in [6.45, 7) is 0. The van der Waals surface area contributed by atoms with Crippen LogP contribution < -0.4 is 0 Å². The highest BCUT2D eigenvalue weighted by molar-refractivity contribution is 6.20. The second kappa shape index (κ2) is 9.38. The zero-order valence-electron chi connectivity index (χ0n) is 20.6. The van der Waals surface area contributed by atoms with E-state index in [-0.39, 0.29) is 0 Å². The third-order valence-corrected chi connectivity index (χ3v) is 7.12. The molecule has 0 N–H and O–H groups in total. The van der Waals surface area contributed by atoms with E-state index in [0.29, 0.717) is 0 Å². The molecule has 3 nitrogen and oxygen atoms in total. The summed E-state index contributed by atoms with van der Waals surface area (Å²) in [7, 11) is 0. The fraction of sp³-hybridized carbons (Fsp3) is 0. The second-order valence-corrected chi connectivity index (χ2v) is 9.33. The smallest absolute Gasteiger partial charge is 0.0792 e. The van der Waals surface area contributed by atoms with Crippen molar-refractivity contribution < 1.29 is 0 Å². The number of rotatable bonds is 4. The minimum atomic E-state index is 1.01. The molecule has 0 saturated heterocycles. The van der Waals surface area contributed by atoms with Gasteiger partial charge < -0.3 is 0 Å². The third kappa shape index (κ3) is 3.82. The first kappa shape index (κ1) is 22.1. The summed E-state index contributed by atoms with van der Waals surface area (Å²) in [5, 5.41) is 3.55. The first-order valence-electron chi connectivity index (χ1n) is 12.7. The Balaban J connectivity index is 1.43. The van der Waals surface area contributed by atoms with Crippen LogP contribution in [0.1, 0.15) is 0 Å². The molecule has 0 amide bonds. The highest BCUT2D eigenvalue weighted by atomic mass is 14.7. The van der Waals surface area contributed by atoms with E-state index in [9.17, 15) is 0 Å². The van der Waals surface area contributed by atoms with Crippen molar-refractivity contribution in [3.63, 3.8) is 0 Å². The minimum absolute atomic E-state index is 1.01. The monoisotopic (exact) mass is 485 g/mol. The molecule has 0 bridgehead atoms. The highest BCUT2D eigenvalue weighted by Crippen LogP contribution is 2.43. The average molecular weight is 486 g/mol. The van der Waals surface area contributed by atoms with E-state index in [1.807, 2.05) is 36.8 Å². The molecule has 4 aromatic carbocycles. The Labute approximate surface area is 221 Å². The Kier molecular flexibility index (Phi) is 5.45. The fourth-order valence-corrected chi connectivity index (χ4v) is 5.33. The van der Waals surface area contributed by atoms with Crippen LogP contribution in [0.25, 0.3) is 66.2 Å². The van der Waals surface area contributed by atoms with Gasteiger partial charge >= 0.3 is 0 Å². The van der Waals surface area contributed by atoms with Gasteiger partial charge in [-0.3, -0.25) is 15.0 Å². The maximum atomic E-state index is 4.92. The Morgan fingerprint density at radius 3 is 1.37 bits per heavy atom. The molecule has 0 radical (unpaired) electrons. The van der Waals surface area contributed by atoms with Crippen molar-refractivity contribution >= 4 is 21.7 Å². The summed E-state index contributed by atoms with van der Waals surface area (Å²) in [5.74, 6) is 0. The van der Waals surface area contributed by atoms with Gasteiger partial charge in [-0.15, -0.1) is 0 Å². The lowest BCUT2D eigenvalue weighted by Crippen LogP contribution is -1.93. The standard InChI is InChI=1S/C35H23N3/c1-2-9-31-30(8-1)33(26-15-11-24(12-16-26)28-6-3-19-36-22-28)32-10-5-21-38-35(32)34(31)27-17-13-25(14-18-27)29-7-4-20-37-23-29/h1-23H. The molecule has 0 aliphatic carbocycles. The molecule has 3 heterocycles. The molecule has 0 fully saturated rings. The predicted octanol–water partition coefficient (Wildman–Crippen LogP) is 8.85. The van der Waals surface area contributed by atoms with Gasteiger partial charge in [-0.2, -0.15) is 0 Å². The zero-order valence-corrected chi connectivity index (χ0v) is 20.6. The predicted molar refractivity (Wildman–Crippen MR) is 157 cm³/mol. The number of benzene rings is 4. The van der Waals surface area contributed by atoms with Crippen LogP contribution in [0.3, 0.4) is 0 Å². The second-order valence-electron chi connectivity index (χ2n) is 9.33. The van der Waals surface area contributed by atoms with Gasteiger partial charge in [-0.1, -0.05) is 91.0 Å². The molecule has 0 aliphatic heterocycles. The van der Waals surface area contributed by atoms with Crippen molar-refractivity contribution in [3.8, 4) is 44.5 Å². The van der Waals surface area contributed by atoms with E-state index in [1.54, 1.807) is 12.4 Å². The van der Waals surface area contributed by atoms with Crippen LogP contribution in [0.15, 0.2) is 140 Å². The lowest BCUT2D eigenvalue weighted by molar-refractivity contribution is 1.33. The molecule has 7 aromatic rings. The topological polar surface area (TPSA) is 38.7 Å².